The molecule has 25 heavy (non-hydrogen) atoms. The van der Waals surface area contributed by atoms with Crippen molar-refractivity contribution in [3.05, 3.63) is 65.2 Å². The lowest BCUT2D eigenvalue weighted by Gasteiger charge is -2.16. The fraction of sp³-hybridized carbons (Fsp3) is 0.429. The largest absolute Gasteiger partial charge is 0.494 e. The summed E-state index contributed by atoms with van der Waals surface area (Å²) < 4.78 is 32.3. The van der Waals surface area contributed by atoms with Crippen LogP contribution in [0.4, 0.5) is 8.78 Å². The van der Waals surface area contributed by atoms with Crippen LogP contribution < -0.4 is 10.5 Å². The monoisotopic (exact) mass is 347 g/mol. The number of ether oxygens (including phenoxy) is 1. The van der Waals surface area contributed by atoms with Crippen molar-refractivity contribution in [2.75, 3.05) is 13.2 Å². The molecule has 0 fully saturated rings. The predicted octanol–water partition coefficient (Wildman–Crippen LogP) is 5.21. The van der Waals surface area contributed by atoms with Gasteiger partial charge in [-0.1, -0.05) is 44.4 Å². The second-order valence-electron chi connectivity index (χ2n) is 6.36. The molecule has 0 radical (unpaired) electrons. The van der Waals surface area contributed by atoms with Gasteiger partial charge in [0.2, 0.25) is 0 Å². The SMILES string of the molecule is CCCCCCOc1ccc(CC(CN)c2ccc(F)c(F)c2)cc1. The minimum atomic E-state index is -0.833. The van der Waals surface area contributed by atoms with Gasteiger partial charge in [-0.2, -0.15) is 0 Å². The molecule has 0 aliphatic carbocycles. The number of hydrogen-bond acceptors (Lipinski definition) is 2. The van der Waals surface area contributed by atoms with Gasteiger partial charge in [0.05, 0.1) is 6.61 Å². The second-order valence-corrected chi connectivity index (χ2v) is 6.36. The molecule has 2 N–H and O–H groups in total. The zero-order valence-corrected chi connectivity index (χ0v) is 14.8. The van der Waals surface area contributed by atoms with E-state index in [2.05, 4.69) is 6.92 Å². The number of halogens is 2. The molecular weight excluding hydrogens is 320 g/mol. The molecule has 0 heterocycles. The van der Waals surface area contributed by atoms with E-state index < -0.39 is 11.6 Å². The normalized spacial score (nSPS) is 12.2. The maximum absolute atomic E-state index is 13.4. The molecule has 136 valence electrons. The summed E-state index contributed by atoms with van der Waals surface area (Å²) in [6, 6.07) is 11.9. The van der Waals surface area contributed by atoms with Crippen LogP contribution >= 0.6 is 0 Å². The number of hydrogen-bond donors (Lipinski definition) is 1. The first-order chi connectivity index (χ1) is 12.1. The Morgan fingerprint density at radius 1 is 0.960 bits per heavy atom. The molecule has 0 bridgehead atoms. The average molecular weight is 347 g/mol. The molecule has 0 saturated heterocycles. The quantitative estimate of drug-likeness (QED) is 0.599. The van der Waals surface area contributed by atoms with Gasteiger partial charge in [-0.25, -0.2) is 8.78 Å². The van der Waals surface area contributed by atoms with E-state index in [-0.39, 0.29) is 5.92 Å². The molecule has 0 aromatic heterocycles. The first-order valence-corrected chi connectivity index (χ1v) is 9.00. The van der Waals surface area contributed by atoms with Crippen LogP contribution in [0.25, 0.3) is 0 Å². The van der Waals surface area contributed by atoms with E-state index >= 15 is 0 Å². The molecule has 1 atom stereocenters. The van der Waals surface area contributed by atoms with Crippen molar-refractivity contribution >= 4 is 0 Å². The second kappa shape index (κ2) is 10.1. The topological polar surface area (TPSA) is 35.2 Å². The van der Waals surface area contributed by atoms with Crippen molar-refractivity contribution in [2.24, 2.45) is 5.73 Å². The third-order valence-electron chi connectivity index (χ3n) is 4.37. The molecule has 1 unspecified atom stereocenters. The molecule has 2 aromatic carbocycles. The third-order valence-corrected chi connectivity index (χ3v) is 4.37. The molecule has 0 amide bonds. The Bertz CT molecular complexity index is 643. The average Bonchev–Trinajstić information content (AvgIpc) is 2.63. The molecule has 2 aromatic rings. The summed E-state index contributed by atoms with van der Waals surface area (Å²) in [7, 11) is 0. The van der Waals surface area contributed by atoms with Crippen molar-refractivity contribution in [3.8, 4) is 5.75 Å². The summed E-state index contributed by atoms with van der Waals surface area (Å²) in [5.74, 6) is -0.851. The molecule has 2 rings (SSSR count). The van der Waals surface area contributed by atoms with E-state index in [4.69, 9.17) is 10.5 Å². The van der Waals surface area contributed by atoms with Gasteiger partial charge in [-0.15, -0.1) is 0 Å². The lowest BCUT2D eigenvalue weighted by molar-refractivity contribution is 0.305. The van der Waals surface area contributed by atoms with Gasteiger partial charge in [0.1, 0.15) is 5.75 Å². The van der Waals surface area contributed by atoms with Gasteiger partial charge in [0, 0.05) is 5.92 Å². The highest BCUT2D eigenvalue weighted by atomic mass is 19.2. The summed E-state index contributed by atoms with van der Waals surface area (Å²) in [6.07, 6.45) is 5.40. The van der Waals surface area contributed by atoms with E-state index in [0.29, 0.717) is 13.0 Å². The Kier molecular flexibility index (Phi) is 7.86. The standard InChI is InChI=1S/C21H27F2NO/c1-2-3-4-5-12-25-19-9-6-16(7-10-19)13-18(15-24)17-8-11-20(22)21(23)14-17/h6-11,14,18H,2-5,12-13,15,24H2,1H3. The summed E-state index contributed by atoms with van der Waals surface area (Å²) in [5.41, 5.74) is 7.65. The smallest absolute Gasteiger partial charge is 0.159 e. The Morgan fingerprint density at radius 2 is 1.72 bits per heavy atom. The van der Waals surface area contributed by atoms with Crippen LogP contribution in [-0.2, 0) is 6.42 Å². The van der Waals surface area contributed by atoms with Gasteiger partial charge < -0.3 is 10.5 Å². The fourth-order valence-electron chi connectivity index (χ4n) is 2.83. The van der Waals surface area contributed by atoms with Gasteiger partial charge in [-0.3, -0.25) is 0 Å². The lowest BCUT2D eigenvalue weighted by atomic mass is 9.92. The van der Waals surface area contributed by atoms with Crippen LogP contribution in [0.3, 0.4) is 0 Å². The van der Waals surface area contributed by atoms with Gasteiger partial charge in [0.15, 0.2) is 11.6 Å². The summed E-state index contributed by atoms with van der Waals surface area (Å²) in [4.78, 5) is 0. The first-order valence-electron chi connectivity index (χ1n) is 9.00. The summed E-state index contributed by atoms with van der Waals surface area (Å²) in [5, 5.41) is 0. The molecular formula is C21H27F2NO. The van der Waals surface area contributed by atoms with Crippen LogP contribution in [0.5, 0.6) is 5.75 Å². The van der Waals surface area contributed by atoms with E-state index in [1.54, 1.807) is 6.07 Å². The number of benzene rings is 2. The van der Waals surface area contributed by atoms with Crippen molar-refractivity contribution < 1.29 is 13.5 Å². The van der Waals surface area contributed by atoms with Crippen LogP contribution in [0.15, 0.2) is 42.5 Å². The van der Waals surface area contributed by atoms with Crippen molar-refractivity contribution in [2.45, 2.75) is 44.9 Å². The van der Waals surface area contributed by atoms with Crippen LogP contribution in [-0.4, -0.2) is 13.2 Å². The Morgan fingerprint density at radius 3 is 2.36 bits per heavy atom. The highest BCUT2D eigenvalue weighted by molar-refractivity contribution is 5.30. The summed E-state index contributed by atoms with van der Waals surface area (Å²) in [6.45, 7) is 3.30. The highest BCUT2D eigenvalue weighted by Gasteiger charge is 2.13. The van der Waals surface area contributed by atoms with Crippen molar-refractivity contribution in [1.82, 2.24) is 0 Å². The predicted molar refractivity (Wildman–Crippen MR) is 97.9 cm³/mol. The molecule has 4 heteroatoms. The molecule has 0 aliphatic heterocycles. The molecule has 0 spiro atoms. The van der Waals surface area contributed by atoms with Gasteiger partial charge in [0.25, 0.3) is 0 Å². The maximum atomic E-state index is 13.4. The first kappa shape index (κ1) is 19.4. The fourth-order valence-corrected chi connectivity index (χ4v) is 2.83. The van der Waals surface area contributed by atoms with E-state index in [1.165, 1.54) is 25.3 Å². The van der Waals surface area contributed by atoms with Crippen LogP contribution in [0.1, 0.15) is 49.7 Å². The highest BCUT2D eigenvalue weighted by Crippen LogP contribution is 2.23. The zero-order valence-electron chi connectivity index (χ0n) is 14.8. The Labute approximate surface area is 149 Å². The van der Waals surface area contributed by atoms with E-state index in [9.17, 15) is 8.78 Å². The minimum absolute atomic E-state index is 0.0455. The zero-order chi connectivity index (χ0) is 18.1. The van der Waals surface area contributed by atoms with Crippen molar-refractivity contribution in [1.29, 1.82) is 0 Å². The number of rotatable bonds is 10. The van der Waals surface area contributed by atoms with E-state index in [1.807, 2.05) is 24.3 Å². The van der Waals surface area contributed by atoms with Crippen LogP contribution in [0.2, 0.25) is 0 Å². The summed E-state index contributed by atoms with van der Waals surface area (Å²) >= 11 is 0. The molecule has 0 saturated carbocycles. The third kappa shape index (κ3) is 6.13. The maximum Gasteiger partial charge on any atom is 0.159 e. The Balaban J connectivity index is 1.91. The minimum Gasteiger partial charge on any atom is -0.494 e. The number of unbranched alkanes of at least 4 members (excludes halogenated alkanes) is 3. The Hall–Kier alpha value is -1.94. The van der Waals surface area contributed by atoms with Gasteiger partial charge in [-0.05, 0) is 54.8 Å². The van der Waals surface area contributed by atoms with E-state index in [0.717, 1.165) is 36.0 Å². The van der Waals surface area contributed by atoms with Crippen LogP contribution in [0, 0.1) is 11.6 Å². The lowest BCUT2D eigenvalue weighted by Crippen LogP contribution is -2.15. The molecule has 2 nitrogen and oxygen atoms in total. The number of nitrogens with two attached hydrogens (primary N) is 1. The van der Waals surface area contributed by atoms with Crippen molar-refractivity contribution in [3.63, 3.8) is 0 Å². The molecule has 0 aliphatic rings. The van der Waals surface area contributed by atoms with Gasteiger partial charge >= 0.3 is 0 Å².